The topological polar surface area (TPSA) is 9.23 Å². The van der Waals surface area contributed by atoms with E-state index >= 15 is 0 Å². The number of ether oxygens (including phenoxy) is 1. The molecule has 0 heterocycles. The zero-order chi connectivity index (χ0) is 12.0. The van der Waals surface area contributed by atoms with Crippen molar-refractivity contribution in [2.45, 2.75) is 38.0 Å². The van der Waals surface area contributed by atoms with Crippen molar-refractivity contribution in [3.8, 4) is 5.75 Å². The Hall–Kier alpha value is -0.210. The summed E-state index contributed by atoms with van der Waals surface area (Å²) < 4.78 is 6.21. The van der Waals surface area contributed by atoms with E-state index in [-0.39, 0.29) is 0 Å². The lowest BCUT2D eigenvalue weighted by Crippen LogP contribution is -1.97. The first-order chi connectivity index (χ1) is 7.67. The van der Waals surface area contributed by atoms with E-state index in [1.807, 2.05) is 6.07 Å². The second kappa shape index (κ2) is 7.18. The Bertz CT molecular complexity index is 328. The molecule has 1 aromatic rings. The van der Waals surface area contributed by atoms with Crippen molar-refractivity contribution in [3.05, 3.63) is 28.2 Å². The highest BCUT2D eigenvalue weighted by Crippen LogP contribution is 2.26. The predicted octanol–water partition coefficient (Wildman–Crippen LogP) is 4.80. The first-order valence-electron chi connectivity index (χ1n) is 5.63. The van der Waals surface area contributed by atoms with Crippen LogP contribution < -0.4 is 4.74 Å². The standard InChI is InChI=1S/C13H18BrClO/c1-3-11(15)6-4-5-10-7-8-13(16-2)12(14)9-10/h7-9,11H,3-6H2,1-2H3. The smallest absolute Gasteiger partial charge is 0.133 e. The number of alkyl halides is 1. The Kier molecular flexibility index (Phi) is 6.22. The molecular weight excluding hydrogens is 287 g/mol. The fourth-order valence-electron chi connectivity index (χ4n) is 1.60. The third-order valence-corrected chi connectivity index (χ3v) is 3.79. The van der Waals surface area contributed by atoms with Gasteiger partial charge < -0.3 is 4.74 Å². The molecule has 1 aromatic carbocycles. The van der Waals surface area contributed by atoms with Gasteiger partial charge in [-0.2, -0.15) is 0 Å². The van der Waals surface area contributed by atoms with Crippen LogP contribution in [-0.4, -0.2) is 12.5 Å². The zero-order valence-electron chi connectivity index (χ0n) is 9.80. The number of benzene rings is 1. The molecule has 0 saturated carbocycles. The molecule has 1 nitrogen and oxygen atoms in total. The van der Waals surface area contributed by atoms with Crippen molar-refractivity contribution in [1.29, 1.82) is 0 Å². The van der Waals surface area contributed by atoms with E-state index in [1.54, 1.807) is 7.11 Å². The summed E-state index contributed by atoms with van der Waals surface area (Å²) in [6, 6.07) is 6.23. The van der Waals surface area contributed by atoms with Crippen molar-refractivity contribution in [2.24, 2.45) is 0 Å². The minimum Gasteiger partial charge on any atom is -0.496 e. The third kappa shape index (κ3) is 4.34. The highest BCUT2D eigenvalue weighted by Gasteiger charge is 2.03. The van der Waals surface area contributed by atoms with E-state index in [4.69, 9.17) is 16.3 Å². The van der Waals surface area contributed by atoms with Crippen LogP contribution in [0.1, 0.15) is 31.7 Å². The quantitative estimate of drug-likeness (QED) is 0.686. The van der Waals surface area contributed by atoms with E-state index in [1.165, 1.54) is 5.56 Å². The average Bonchev–Trinajstić information content (AvgIpc) is 2.29. The molecule has 0 saturated heterocycles. The summed E-state index contributed by atoms with van der Waals surface area (Å²) in [5, 5.41) is 0.321. The summed E-state index contributed by atoms with van der Waals surface area (Å²) in [4.78, 5) is 0. The molecule has 0 fully saturated rings. The minimum atomic E-state index is 0.321. The van der Waals surface area contributed by atoms with Crippen molar-refractivity contribution in [1.82, 2.24) is 0 Å². The van der Waals surface area contributed by atoms with Gasteiger partial charge in [-0.1, -0.05) is 13.0 Å². The summed E-state index contributed by atoms with van der Waals surface area (Å²) in [5.74, 6) is 0.882. The Balaban J connectivity index is 2.46. The second-order valence-electron chi connectivity index (χ2n) is 3.87. The summed E-state index contributed by atoms with van der Waals surface area (Å²) in [6.45, 7) is 2.13. The fourth-order valence-corrected chi connectivity index (χ4v) is 2.34. The molecule has 16 heavy (non-hydrogen) atoms. The van der Waals surface area contributed by atoms with Crippen molar-refractivity contribution in [2.75, 3.05) is 7.11 Å². The maximum absolute atomic E-state index is 6.08. The molecule has 0 radical (unpaired) electrons. The van der Waals surface area contributed by atoms with E-state index < -0.39 is 0 Å². The molecule has 0 aliphatic carbocycles. The van der Waals surface area contributed by atoms with Crippen LogP contribution in [0.3, 0.4) is 0 Å². The van der Waals surface area contributed by atoms with Crippen LogP contribution >= 0.6 is 27.5 Å². The van der Waals surface area contributed by atoms with Gasteiger partial charge in [-0.25, -0.2) is 0 Å². The maximum Gasteiger partial charge on any atom is 0.133 e. The number of hydrogen-bond acceptors (Lipinski definition) is 1. The monoisotopic (exact) mass is 304 g/mol. The first-order valence-corrected chi connectivity index (χ1v) is 6.86. The Morgan fingerprint density at radius 2 is 2.19 bits per heavy atom. The normalized spacial score (nSPS) is 12.5. The molecular formula is C13H18BrClO. The fraction of sp³-hybridized carbons (Fsp3) is 0.538. The third-order valence-electron chi connectivity index (χ3n) is 2.64. The first kappa shape index (κ1) is 13.9. The number of hydrogen-bond donors (Lipinski definition) is 0. The summed E-state index contributed by atoms with van der Waals surface area (Å²) >= 11 is 9.57. The lowest BCUT2D eigenvalue weighted by molar-refractivity contribution is 0.412. The van der Waals surface area contributed by atoms with Gasteiger partial charge in [0.2, 0.25) is 0 Å². The van der Waals surface area contributed by atoms with Crippen LogP contribution in [0.25, 0.3) is 0 Å². The van der Waals surface area contributed by atoms with Crippen LogP contribution in [0.5, 0.6) is 5.75 Å². The highest BCUT2D eigenvalue weighted by molar-refractivity contribution is 9.10. The van der Waals surface area contributed by atoms with E-state index in [0.29, 0.717) is 5.38 Å². The Labute approximate surface area is 111 Å². The van der Waals surface area contributed by atoms with Crippen molar-refractivity contribution < 1.29 is 4.74 Å². The molecule has 1 unspecified atom stereocenters. The summed E-state index contributed by atoms with van der Waals surface area (Å²) in [5.41, 5.74) is 1.33. The minimum absolute atomic E-state index is 0.321. The number of aryl methyl sites for hydroxylation is 1. The molecule has 1 rings (SSSR count). The lowest BCUT2D eigenvalue weighted by atomic mass is 10.1. The molecule has 1 atom stereocenters. The highest BCUT2D eigenvalue weighted by atomic mass is 79.9. The average molecular weight is 306 g/mol. The van der Waals surface area contributed by atoms with Crippen LogP contribution in [0.15, 0.2) is 22.7 Å². The Morgan fingerprint density at radius 3 is 2.75 bits per heavy atom. The molecule has 3 heteroatoms. The van der Waals surface area contributed by atoms with Gasteiger partial charge >= 0.3 is 0 Å². The van der Waals surface area contributed by atoms with Crippen LogP contribution in [0, 0.1) is 0 Å². The largest absolute Gasteiger partial charge is 0.496 e. The molecule has 0 N–H and O–H groups in total. The summed E-state index contributed by atoms with van der Waals surface area (Å²) in [6.07, 6.45) is 4.35. The predicted molar refractivity (Wildman–Crippen MR) is 73.6 cm³/mol. The van der Waals surface area contributed by atoms with Gasteiger partial charge in [0.05, 0.1) is 11.6 Å². The zero-order valence-corrected chi connectivity index (χ0v) is 12.1. The molecule has 0 aromatic heterocycles. The molecule has 0 amide bonds. The van der Waals surface area contributed by atoms with Crippen LogP contribution in [0.2, 0.25) is 0 Å². The number of rotatable bonds is 6. The number of halogens is 2. The van der Waals surface area contributed by atoms with Gasteiger partial charge in [-0.05, 0) is 59.3 Å². The summed E-state index contributed by atoms with van der Waals surface area (Å²) in [7, 11) is 1.68. The number of methoxy groups -OCH3 is 1. The second-order valence-corrected chi connectivity index (χ2v) is 5.34. The van der Waals surface area contributed by atoms with Crippen molar-refractivity contribution >= 4 is 27.5 Å². The van der Waals surface area contributed by atoms with Gasteiger partial charge in [-0.15, -0.1) is 11.6 Å². The van der Waals surface area contributed by atoms with Gasteiger partial charge in [0.25, 0.3) is 0 Å². The van der Waals surface area contributed by atoms with Gasteiger partial charge in [-0.3, -0.25) is 0 Å². The van der Waals surface area contributed by atoms with E-state index in [0.717, 1.165) is 35.9 Å². The van der Waals surface area contributed by atoms with Gasteiger partial charge in [0, 0.05) is 5.38 Å². The van der Waals surface area contributed by atoms with E-state index in [9.17, 15) is 0 Å². The molecule has 0 aliphatic rings. The van der Waals surface area contributed by atoms with Crippen LogP contribution in [0.4, 0.5) is 0 Å². The molecule has 0 bridgehead atoms. The van der Waals surface area contributed by atoms with Gasteiger partial charge in [0.15, 0.2) is 0 Å². The Morgan fingerprint density at radius 1 is 1.44 bits per heavy atom. The molecule has 0 aliphatic heterocycles. The SMILES string of the molecule is CCC(Cl)CCCc1ccc(OC)c(Br)c1. The van der Waals surface area contributed by atoms with E-state index in [2.05, 4.69) is 35.0 Å². The van der Waals surface area contributed by atoms with Crippen molar-refractivity contribution in [3.63, 3.8) is 0 Å². The van der Waals surface area contributed by atoms with Gasteiger partial charge in [0.1, 0.15) is 5.75 Å². The molecule has 0 spiro atoms. The maximum atomic E-state index is 6.08. The molecule has 90 valence electrons. The lowest BCUT2D eigenvalue weighted by Gasteiger charge is -2.08. The van der Waals surface area contributed by atoms with Crippen LogP contribution in [-0.2, 0) is 6.42 Å².